The molecular formula is C8H8F6O5. The van der Waals surface area contributed by atoms with Crippen LogP contribution in [0.4, 0.5) is 26.3 Å². The zero-order valence-corrected chi connectivity index (χ0v) is 9.21. The van der Waals surface area contributed by atoms with Gasteiger partial charge in [-0.1, -0.05) is 0 Å². The van der Waals surface area contributed by atoms with Gasteiger partial charge in [-0.15, -0.1) is 0 Å². The molecule has 0 rings (SSSR count). The van der Waals surface area contributed by atoms with Gasteiger partial charge < -0.3 is 14.6 Å². The summed E-state index contributed by atoms with van der Waals surface area (Å²) in [6, 6.07) is 0. The SMILES string of the molecule is COC(=O)C(O)CC(=O)OC(C(F)(F)F)C(F)(F)F. The van der Waals surface area contributed by atoms with Gasteiger partial charge in [-0.2, -0.15) is 26.3 Å². The Morgan fingerprint density at radius 2 is 1.53 bits per heavy atom. The lowest BCUT2D eigenvalue weighted by molar-refractivity contribution is -0.313. The summed E-state index contributed by atoms with van der Waals surface area (Å²) in [6.07, 6.45) is -19.6. The minimum absolute atomic E-state index is 0.797. The van der Waals surface area contributed by atoms with Crippen molar-refractivity contribution in [3.8, 4) is 0 Å². The van der Waals surface area contributed by atoms with Crippen molar-refractivity contribution in [3.63, 3.8) is 0 Å². The van der Waals surface area contributed by atoms with Gasteiger partial charge in [0.05, 0.1) is 13.5 Å². The number of methoxy groups -OCH3 is 1. The second-order valence-corrected chi connectivity index (χ2v) is 3.20. The molecule has 11 heteroatoms. The van der Waals surface area contributed by atoms with Crippen LogP contribution in [0.25, 0.3) is 0 Å². The fourth-order valence-corrected chi connectivity index (χ4v) is 0.876. The van der Waals surface area contributed by atoms with Gasteiger partial charge in [0.1, 0.15) is 0 Å². The lowest BCUT2D eigenvalue weighted by atomic mass is 10.2. The summed E-state index contributed by atoms with van der Waals surface area (Å²) in [5.41, 5.74) is 0. The largest absolute Gasteiger partial charge is 0.467 e. The minimum atomic E-state index is -5.86. The van der Waals surface area contributed by atoms with Crippen LogP contribution in [0.3, 0.4) is 0 Å². The Morgan fingerprint density at radius 3 is 1.84 bits per heavy atom. The molecule has 1 unspecified atom stereocenters. The molecule has 0 saturated carbocycles. The summed E-state index contributed by atoms with van der Waals surface area (Å²) in [5, 5.41) is 8.87. The summed E-state index contributed by atoms with van der Waals surface area (Å²) in [4.78, 5) is 21.4. The van der Waals surface area contributed by atoms with Crippen LogP contribution < -0.4 is 0 Å². The van der Waals surface area contributed by atoms with Crippen molar-refractivity contribution in [2.45, 2.75) is 31.0 Å². The number of rotatable bonds is 4. The highest BCUT2D eigenvalue weighted by molar-refractivity contribution is 5.81. The standard InChI is InChI=1S/C8H8F6O5/c1-18-5(17)3(15)2-4(16)19-6(7(9,10)11)8(12,13)14/h3,6,15H,2H2,1H3. The normalized spacial score (nSPS) is 14.2. The molecule has 112 valence electrons. The number of ether oxygens (including phenoxy) is 2. The predicted octanol–water partition coefficient (Wildman–Crippen LogP) is 0.947. The van der Waals surface area contributed by atoms with Gasteiger partial charge in [-0.25, -0.2) is 4.79 Å². The number of halogens is 6. The van der Waals surface area contributed by atoms with Crippen molar-refractivity contribution < 1.29 is 50.5 Å². The molecule has 0 heterocycles. The monoisotopic (exact) mass is 298 g/mol. The molecular weight excluding hydrogens is 290 g/mol. The van der Waals surface area contributed by atoms with Crippen molar-refractivity contribution in [3.05, 3.63) is 0 Å². The van der Waals surface area contributed by atoms with Gasteiger partial charge in [0.15, 0.2) is 6.10 Å². The molecule has 0 aliphatic heterocycles. The maximum atomic E-state index is 12.0. The predicted molar refractivity (Wildman–Crippen MR) is 44.6 cm³/mol. The highest BCUT2D eigenvalue weighted by Crippen LogP contribution is 2.35. The number of alkyl halides is 6. The lowest BCUT2D eigenvalue weighted by Gasteiger charge is -2.23. The number of hydrogen-bond acceptors (Lipinski definition) is 5. The van der Waals surface area contributed by atoms with Gasteiger partial charge >= 0.3 is 24.3 Å². The number of aliphatic hydroxyl groups excluding tert-OH is 1. The van der Waals surface area contributed by atoms with Crippen LogP contribution in [0.15, 0.2) is 0 Å². The minimum Gasteiger partial charge on any atom is -0.467 e. The number of esters is 2. The van der Waals surface area contributed by atoms with E-state index in [-0.39, 0.29) is 0 Å². The fourth-order valence-electron chi connectivity index (χ4n) is 0.876. The van der Waals surface area contributed by atoms with E-state index in [9.17, 15) is 35.9 Å². The average molecular weight is 298 g/mol. The third-order valence-corrected chi connectivity index (χ3v) is 1.68. The van der Waals surface area contributed by atoms with Gasteiger partial charge in [-0.3, -0.25) is 4.79 Å². The molecule has 0 radical (unpaired) electrons. The van der Waals surface area contributed by atoms with Crippen molar-refractivity contribution in [1.82, 2.24) is 0 Å². The third-order valence-electron chi connectivity index (χ3n) is 1.68. The van der Waals surface area contributed by atoms with E-state index in [0.29, 0.717) is 0 Å². The number of hydrogen-bond donors (Lipinski definition) is 1. The zero-order chi connectivity index (χ0) is 15.4. The number of carbonyl (C=O) groups is 2. The fraction of sp³-hybridized carbons (Fsp3) is 0.750. The quantitative estimate of drug-likeness (QED) is 0.618. The van der Waals surface area contributed by atoms with Crippen LogP contribution in [0.1, 0.15) is 6.42 Å². The van der Waals surface area contributed by atoms with Crippen LogP contribution in [0.2, 0.25) is 0 Å². The van der Waals surface area contributed by atoms with E-state index in [1.807, 2.05) is 0 Å². The van der Waals surface area contributed by atoms with Crippen molar-refractivity contribution >= 4 is 11.9 Å². The molecule has 1 atom stereocenters. The molecule has 0 aliphatic rings. The third kappa shape index (κ3) is 5.77. The average Bonchev–Trinajstić information content (AvgIpc) is 2.21. The Kier molecular flexibility index (Phi) is 5.60. The topological polar surface area (TPSA) is 72.8 Å². The van der Waals surface area contributed by atoms with Gasteiger partial charge in [0.2, 0.25) is 0 Å². The summed E-state index contributed by atoms with van der Waals surface area (Å²) in [5.74, 6) is -3.44. The Hall–Kier alpha value is -1.52. The van der Waals surface area contributed by atoms with Crippen LogP contribution in [-0.2, 0) is 19.1 Å². The van der Waals surface area contributed by atoms with Gasteiger partial charge in [-0.05, 0) is 0 Å². The molecule has 0 spiro atoms. The van der Waals surface area contributed by atoms with Crippen molar-refractivity contribution in [1.29, 1.82) is 0 Å². The molecule has 0 aromatic rings. The van der Waals surface area contributed by atoms with E-state index in [1.165, 1.54) is 0 Å². The highest BCUT2D eigenvalue weighted by atomic mass is 19.4. The first-order valence-electron chi connectivity index (χ1n) is 4.48. The van der Waals surface area contributed by atoms with E-state index in [2.05, 4.69) is 9.47 Å². The first-order valence-corrected chi connectivity index (χ1v) is 4.48. The number of aliphatic hydroxyl groups is 1. The summed E-state index contributed by atoms with van der Waals surface area (Å²) in [7, 11) is 0.797. The zero-order valence-electron chi connectivity index (χ0n) is 9.21. The Labute approximate surface area is 102 Å². The summed E-state index contributed by atoms with van der Waals surface area (Å²) in [6.45, 7) is 0. The van der Waals surface area contributed by atoms with Crippen LogP contribution in [0, 0.1) is 0 Å². The van der Waals surface area contributed by atoms with E-state index >= 15 is 0 Å². The molecule has 0 amide bonds. The molecule has 0 fully saturated rings. The van der Waals surface area contributed by atoms with E-state index in [0.717, 1.165) is 7.11 Å². The molecule has 0 saturated heterocycles. The maximum absolute atomic E-state index is 12.0. The smallest absolute Gasteiger partial charge is 0.434 e. The summed E-state index contributed by atoms with van der Waals surface area (Å²) < 4.78 is 79.0. The lowest BCUT2D eigenvalue weighted by Crippen LogP contribution is -2.46. The van der Waals surface area contributed by atoms with Crippen LogP contribution in [-0.4, -0.2) is 48.7 Å². The molecule has 1 N–H and O–H groups in total. The first-order chi connectivity index (χ1) is 8.39. The highest BCUT2D eigenvalue weighted by Gasteiger charge is 2.59. The number of carbonyl (C=O) groups excluding carboxylic acids is 2. The van der Waals surface area contributed by atoms with Gasteiger partial charge in [0, 0.05) is 0 Å². The molecule has 19 heavy (non-hydrogen) atoms. The van der Waals surface area contributed by atoms with E-state index < -0.39 is 42.9 Å². The van der Waals surface area contributed by atoms with Crippen LogP contribution >= 0.6 is 0 Å². The Morgan fingerprint density at radius 1 is 1.11 bits per heavy atom. The first kappa shape index (κ1) is 17.5. The maximum Gasteiger partial charge on any atom is 0.434 e. The molecule has 0 aromatic heterocycles. The van der Waals surface area contributed by atoms with Gasteiger partial charge in [0.25, 0.3) is 6.10 Å². The molecule has 0 aliphatic carbocycles. The van der Waals surface area contributed by atoms with Crippen molar-refractivity contribution in [2.24, 2.45) is 0 Å². The second kappa shape index (κ2) is 6.08. The van der Waals surface area contributed by atoms with E-state index in [4.69, 9.17) is 5.11 Å². The molecule has 0 bridgehead atoms. The Balaban J connectivity index is 4.72. The second-order valence-electron chi connectivity index (χ2n) is 3.20. The van der Waals surface area contributed by atoms with E-state index in [1.54, 1.807) is 0 Å². The van der Waals surface area contributed by atoms with Crippen LogP contribution in [0.5, 0.6) is 0 Å². The van der Waals surface area contributed by atoms with Crippen molar-refractivity contribution in [2.75, 3.05) is 7.11 Å². The molecule has 5 nitrogen and oxygen atoms in total. The summed E-state index contributed by atoms with van der Waals surface area (Å²) >= 11 is 0. The Bertz CT molecular complexity index is 322. The molecule has 0 aromatic carbocycles.